The molecule has 0 aliphatic carbocycles. The van der Waals surface area contributed by atoms with Crippen molar-refractivity contribution in [3.63, 3.8) is 0 Å². The molecule has 6 heteroatoms. The van der Waals surface area contributed by atoms with E-state index in [9.17, 15) is 9.59 Å². The summed E-state index contributed by atoms with van der Waals surface area (Å²) in [7, 11) is 0. The van der Waals surface area contributed by atoms with Gasteiger partial charge in [0.05, 0.1) is 0 Å². The summed E-state index contributed by atoms with van der Waals surface area (Å²) in [5.74, 6) is 0.217. The van der Waals surface area contributed by atoms with Crippen LogP contribution in [0.4, 0.5) is 0 Å². The number of carbonyl (C=O) groups is 2. The molecule has 184 valence electrons. The topological polar surface area (TPSA) is 58.6 Å². The van der Waals surface area contributed by atoms with Crippen molar-refractivity contribution in [3.05, 3.63) is 100 Å². The van der Waals surface area contributed by atoms with Crippen molar-refractivity contribution in [1.82, 2.24) is 10.2 Å². The highest BCUT2D eigenvalue weighted by atomic mass is 79.9. The van der Waals surface area contributed by atoms with Crippen LogP contribution in [0.2, 0.25) is 0 Å². The SMILES string of the molecule is CC[C@@H](C)NC(=O)[C@H](Cc1ccccc1)N(Cc1ccc(Br)cc1)C(=O)COc1ccc(C)cc1. The van der Waals surface area contributed by atoms with E-state index < -0.39 is 6.04 Å². The smallest absolute Gasteiger partial charge is 0.261 e. The second-order valence-electron chi connectivity index (χ2n) is 8.77. The molecule has 0 heterocycles. The second kappa shape index (κ2) is 13.1. The Bertz CT molecular complexity index is 1090. The summed E-state index contributed by atoms with van der Waals surface area (Å²) in [6, 6.07) is 24.5. The molecule has 2 atom stereocenters. The van der Waals surface area contributed by atoms with E-state index in [1.54, 1.807) is 4.90 Å². The third-order valence-electron chi connectivity index (χ3n) is 5.92. The fourth-order valence-electron chi connectivity index (χ4n) is 3.64. The standard InChI is InChI=1S/C29H33BrN2O3/c1-4-22(3)31-29(34)27(18-23-8-6-5-7-9-23)32(19-24-12-14-25(30)15-13-24)28(33)20-35-26-16-10-21(2)11-17-26/h5-17,22,27H,4,18-20H2,1-3H3,(H,31,34)/t22-,27+/m1/s1. The summed E-state index contributed by atoms with van der Waals surface area (Å²) in [5, 5.41) is 3.08. The lowest BCUT2D eigenvalue weighted by molar-refractivity contribution is -0.143. The molecule has 35 heavy (non-hydrogen) atoms. The molecular weight excluding hydrogens is 504 g/mol. The molecule has 0 bridgehead atoms. The molecule has 0 aromatic heterocycles. The number of amides is 2. The molecule has 0 radical (unpaired) electrons. The van der Waals surface area contributed by atoms with E-state index >= 15 is 0 Å². The molecule has 0 saturated carbocycles. The first-order chi connectivity index (χ1) is 16.9. The van der Waals surface area contributed by atoms with Gasteiger partial charge in [-0.15, -0.1) is 0 Å². The Kier molecular flexibility index (Phi) is 9.91. The molecular formula is C29H33BrN2O3. The Labute approximate surface area is 216 Å². The molecule has 5 nitrogen and oxygen atoms in total. The molecule has 0 aliphatic heterocycles. The van der Waals surface area contributed by atoms with E-state index in [0.29, 0.717) is 18.7 Å². The molecule has 3 rings (SSSR count). The molecule has 1 N–H and O–H groups in total. The minimum atomic E-state index is -0.677. The molecule has 0 spiro atoms. The zero-order valence-electron chi connectivity index (χ0n) is 20.5. The quantitative estimate of drug-likeness (QED) is 0.342. The summed E-state index contributed by atoms with van der Waals surface area (Å²) in [4.78, 5) is 28.7. The molecule has 0 fully saturated rings. The number of nitrogens with zero attached hydrogens (tertiary/aromatic N) is 1. The Morgan fingerprint density at radius 2 is 1.60 bits per heavy atom. The Morgan fingerprint density at radius 1 is 0.943 bits per heavy atom. The summed E-state index contributed by atoms with van der Waals surface area (Å²) < 4.78 is 6.77. The van der Waals surface area contributed by atoms with Gasteiger partial charge in [-0.1, -0.05) is 83.0 Å². The fourth-order valence-corrected chi connectivity index (χ4v) is 3.91. The van der Waals surface area contributed by atoms with Crippen LogP contribution in [0.1, 0.15) is 37.0 Å². The van der Waals surface area contributed by atoms with Gasteiger partial charge in [0.15, 0.2) is 6.61 Å². The lowest BCUT2D eigenvalue weighted by Crippen LogP contribution is -2.53. The third-order valence-corrected chi connectivity index (χ3v) is 6.45. The summed E-state index contributed by atoms with van der Waals surface area (Å²) >= 11 is 3.46. The van der Waals surface area contributed by atoms with Gasteiger partial charge in [0.1, 0.15) is 11.8 Å². The van der Waals surface area contributed by atoms with Crippen LogP contribution in [-0.4, -0.2) is 35.4 Å². The van der Waals surface area contributed by atoms with Gasteiger partial charge < -0.3 is 15.0 Å². The van der Waals surface area contributed by atoms with Crippen LogP contribution < -0.4 is 10.1 Å². The summed E-state index contributed by atoms with van der Waals surface area (Å²) in [6.07, 6.45) is 1.22. The maximum atomic E-state index is 13.6. The van der Waals surface area contributed by atoms with Gasteiger partial charge in [-0.25, -0.2) is 0 Å². The van der Waals surface area contributed by atoms with Crippen LogP contribution in [0.3, 0.4) is 0 Å². The van der Waals surface area contributed by atoms with Gasteiger partial charge in [0.2, 0.25) is 5.91 Å². The van der Waals surface area contributed by atoms with Gasteiger partial charge >= 0.3 is 0 Å². The van der Waals surface area contributed by atoms with Crippen molar-refractivity contribution in [1.29, 1.82) is 0 Å². The van der Waals surface area contributed by atoms with E-state index in [-0.39, 0.29) is 24.5 Å². The lowest BCUT2D eigenvalue weighted by atomic mass is 10.0. The number of carbonyl (C=O) groups excluding carboxylic acids is 2. The first-order valence-corrected chi connectivity index (χ1v) is 12.7. The monoisotopic (exact) mass is 536 g/mol. The van der Waals surface area contributed by atoms with Crippen molar-refractivity contribution in [2.24, 2.45) is 0 Å². The third kappa shape index (κ3) is 8.25. The van der Waals surface area contributed by atoms with Gasteiger partial charge in [0.25, 0.3) is 5.91 Å². The highest BCUT2D eigenvalue weighted by molar-refractivity contribution is 9.10. The number of ether oxygens (including phenoxy) is 1. The highest BCUT2D eigenvalue weighted by Crippen LogP contribution is 2.18. The van der Waals surface area contributed by atoms with E-state index in [0.717, 1.165) is 27.6 Å². The number of halogens is 1. The zero-order valence-corrected chi connectivity index (χ0v) is 22.1. The van der Waals surface area contributed by atoms with E-state index in [2.05, 4.69) is 21.2 Å². The highest BCUT2D eigenvalue weighted by Gasteiger charge is 2.31. The normalized spacial score (nSPS) is 12.5. The van der Waals surface area contributed by atoms with Gasteiger partial charge in [-0.3, -0.25) is 9.59 Å². The molecule has 0 saturated heterocycles. The number of hydrogen-bond acceptors (Lipinski definition) is 3. The molecule has 0 unspecified atom stereocenters. The fraction of sp³-hybridized carbons (Fsp3) is 0.310. The zero-order chi connectivity index (χ0) is 25.2. The van der Waals surface area contributed by atoms with Crippen molar-refractivity contribution in [2.45, 2.75) is 52.2 Å². The van der Waals surface area contributed by atoms with E-state index in [4.69, 9.17) is 4.74 Å². The predicted octanol–water partition coefficient (Wildman–Crippen LogP) is 5.69. The Hall–Kier alpha value is -3.12. The van der Waals surface area contributed by atoms with Crippen molar-refractivity contribution < 1.29 is 14.3 Å². The maximum Gasteiger partial charge on any atom is 0.261 e. The first kappa shape index (κ1) is 26.5. The van der Waals surface area contributed by atoms with Crippen LogP contribution >= 0.6 is 15.9 Å². The molecule has 2 amide bonds. The predicted molar refractivity (Wildman–Crippen MR) is 143 cm³/mol. The van der Waals surface area contributed by atoms with Crippen molar-refractivity contribution >= 4 is 27.7 Å². The molecule has 3 aromatic carbocycles. The van der Waals surface area contributed by atoms with Crippen molar-refractivity contribution in [2.75, 3.05) is 6.61 Å². The van der Waals surface area contributed by atoms with Crippen LogP contribution in [0.5, 0.6) is 5.75 Å². The number of rotatable bonds is 11. The van der Waals surface area contributed by atoms with Crippen LogP contribution in [0.15, 0.2) is 83.3 Å². The summed E-state index contributed by atoms with van der Waals surface area (Å²) in [5.41, 5.74) is 3.04. The average Bonchev–Trinajstić information content (AvgIpc) is 2.87. The van der Waals surface area contributed by atoms with Crippen LogP contribution in [0.25, 0.3) is 0 Å². The number of benzene rings is 3. The van der Waals surface area contributed by atoms with E-state index in [1.165, 1.54) is 0 Å². The minimum absolute atomic E-state index is 0.00853. The Morgan fingerprint density at radius 3 is 2.23 bits per heavy atom. The number of hydrogen-bond donors (Lipinski definition) is 1. The Balaban J connectivity index is 1.89. The van der Waals surface area contributed by atoms with Gasteiger partial charge in [-0.2, -0.15) is 0 Å². The van der Waals surface area contributed by atoms with Gasteiger partial charge in [0, 0.05) is 23.5 Å². The van der Waals surface area contributed by atoms with Gasteiger partial charge in [-0.05, 0) is 55.7 Å². The number of aryl methyl sites for hydroxylation is 1. The molecule has 3 aromatic rings. The van der Waals surface area contributed by atoms with E-state index in [1.807, 2.05) is 99.6 Å². The second-order valence-corrected chi connectivity index (χ2v) is 9.69. The first-order valence-electron chi connectivity index (χ1n) is 11.9. The van der Waals surface area contributed by atoms with Crippen LogP contribution in [-0.2, 0) is 22.6 Å². The largest absolute Gasteiger partial charge is 0.484 e. The van der Waals surface area contributed by atoms with Crippen molar-refractivity contribution in [3.8, 4) is 5.75 Å². The summed E-state index contributed by atoms with van der Waals surface area (Å²) in [6.45, 7) is 6.14. The minimum Gasteiger partial charge on any atom is -0.484 e. The van der Waals surface area contributed by atoms with Crippen LogP contribution in [0, 0.1) is 6.92 Å². The molecule has 0 aliphatic rings. The number of nitrogens with one attached hydrogen (secondary N) is 1. The maximum absolute atomic E-state index is 13.6. The lowest BCUT2D eigenvalue weighted by Gasteiger charge is -2.32. The average molecular weight is 537 g/mol.